The van der Waals surface area contributed by atoms with Crippen molar-refractivity contribution in [3.8, 4) is 17.0 Å². The Labute approximate surface area is 195 Å². The number of benzene rings is 1. The number of Topliss-reactive ketones (excluding diaryl/α,β-unsaturated/α-hetero) is 1. The number of rotatable bonds is 8. The number of ether oxygens (including phenoxy) is 1. The number of hydrogen-bond donors (Lipinski definition) is 0. The zero-order valence-corrected chi connectivity index (χ0v) is 19.8. The molecule has 6 heteroatoms. The van der Waals surface area contributed by atoms with Gasteiger partial charge < -0.3 is 4.74 Å². The molecule has 1 aliphatic rings. The maximum Gasteiger partial charge on any atom is 0.158 e. The first-order chi connectivity index (χ1) is 16.1. The van der Waals surface area contributed by atoms with Crippen molar-refractivity contribution >= 4 is 5.78 Å². The summed E-state index contributed by atoms with van der Waals surface area (Å²) in [5.74, 6) is 2.06. The second kappa shape index (κ2) is 10.6. The quantitative estimate of drug-likeness (QED) is 0.431. The third-order valence-corrected chi connectivity index (χ3v) is 6.30. The summed E-state index contributed by atoms with van der Waals surface area (Å²) >= 11 is 0. The second-order valence-corrected chi connectivity index (χ2v) is 8.77. The van der Waals surface area contributed by atoms with Gasteiger partial charge >= 0.3 is 0 Å². The summed E-state index contributed by atoms with van der Waals surface area (Å²) in [4.78, 5) is 21.9. The van der Waals surface area contributed by atoms with Crippen LogP contribution in [0.5, 0.6) is 5.75 Å². The number of carbonyl (C=O) groups is 1. The summed E-state index contributed by atoms with van der Waals surface area (Å²) in [6, 6.07) is 10.4. The third kappa shape index (κ3) is 5.75. The third-order valence-electron chi connectivity index (χ3n) is 6.30. The molecular weight excluding hydrogens is 412 g/mol. The van der Waals surface area contributed by atoms with E-state index >= 15 is 0 Å². The number of carbonyl (C=O) groups excluding carboxylic acids is 1. The van der Waals surface area contributed by atoms with Gasteiger partial charge in [-0.2, -0.15) is 5.10 Å². The Balaban J connectivity index is 1.37. The van der Waals surface area contributed by atoms with Crippen LogP contribution in [0.3, 0.4) is 0 Å². The van der Waals surface area contributed by atoms with Crippen LogP contribution < -0.4 is 4.74 Å². The van der Waals surface area contributed by atoms with E-state index in [1.165, 1.54) is 11.1 Å². The fourth-order valence-electron chi connectivity index (χ4n) is 4.45. The number of allylic oxidation sites excluding steroid dienone is 2. The van der Waals surface area contributed by atoms with Crippen molar-refractivity contribution in [2.75, 3.05) is 7.11 Å². The van der Waals surface area contributed by atoms with Crippen LogP contribution in [-0.2, 0) is 17.8 Å². The number of hydrogen-bond acceptors (Lipinski definition) is 5. The Kier molecular flexibility index (Phi) is 7.33. The zero-order valence-electron chi connectivity index (χ0n) is 19.8. The molecule has 1 aromatic carbocycles. The van der Waals surface area contributed by atoms with Crippen molar-refractivity contribution in [2.45, 2.75) is 64.8 Å². The summed E-state index contributed by atoms with van der Waals surface area (Å²) in [6.07, 6.45) is 10.8. The van der Waals surface area contributed by atoms with Crippen molar-refractivity contribution in [3.63, 3.8) is 0 Å². The van der Waals surface area contributed by atoms with Crippen LogP contribution in [0.15, 0.2) is 54.4 Å². The molecule has 0 bridgehead atoms. The van der Waals surface area contributed by atoms with E-state index in [9.17, 15) is 4.79 Å². The molecule has 2 aromatic heterocycles. The van der Waals surface area contributed by atoms with Gasteiger partial charge in [0.15, 0.2) is 11.5 Å². The minimum Gasteiger partial charge on any atom is -0.494 e. The highest BCUT2D eigenvalue weighted by atomic mass is 16.5. The molecule has 4 rings (SSSR count). The molecule has 0 spiro atoms. The van der Waals surface area contributed by atoms with Crippen molar-refractivity contribution in [2.24, 2.45) is 0 Å². The predicted octanol–water partition coefficient (Wildman–Crippen LogP) is 5.46. The maximum atomic E-state index is 12.9. The second-order valence-electron chi connectivity index (χ2n) is 8.77. The van der Waals surface area contributed by atoms with E-state index in [1.807, 2.05) is 10.7 Å². The average molecular weight is 445 g/mol. The van der Waals surface area contributed by atoms with Crippen LogP contribution in [0, 0.1) is 6.92 Å². The van der Waals surface area contributed by atoms with E-state index in [2.05, 4.69) is 54.2 Å². The lowest BCUT2D eigenvalue weighted by atomic mass is 9.97. The van der Waals surface area contributed by atoms with Gasteiger partial charge in [0.05, 0.1) is 25.2 Å². The molecule has 33 heavy (non-hydrogen) atoms. The predicted molar refractivity (Wildman–Crippen MR) is 129 cm³/mol. The van der Waals surface area contributed by atoms with E-state index in [4.69, 9.17) is 9.84 Å². The molecule has 1 unspecified atom stereocenters. The Bertz CT molecular complexity index is 1130. The van der Waals surface area contributed by atoms with Crippen LogP contribution in [-0.4, -0.2) is 32.6 Å². The Morgan fingerprint density at radius 3 is 2.73 bits per heavy atom. The van der Waals surface area contributed by atoms with Crippen molar-refractivity contribution in [3.05, 3.63) is 71.5 Å². The van der Waals surface area contributed by atoms with E-state index in [-0.39, 0.29) is 5.78 Å². The average Bonchev–Trinajstić information content (AvgIpc) is 3.09. The van der Waals surface area contributed by atoms with Gasteiger partial charge in [-0.1, -0.05) is 42.3 Å². The molecule has 6 nitrogen and oxygen atoms in total. The van der Waals surface area contributed by atoms with Crippen LogP contribution in [0.25, 0.3) is 11.3 Å². The summed E-state index contributed by atoms with van der Waals surface area (Å²) < 4.78 is 7.04. The first-order valence-electron chi connectivity index (χ1n) is 11.7. The number of aromatic nitrogens is 4. The minimum atomic E-state index is 0.203. The van der Waals surface area contributed by atoms with Gasteiger partial charge in [-0.15, -0.1) is 0 Å². The van der Waals surface area contributed by atoms with E-state index < -0.39 is 0 Å². The molecule has 1 atom stereocenters. The first kappa shape index (κ1) is 22.9. The van der Waals surface area contributed by atoms with Crippen molar-refractivity contribution in [1.82, 2.24) is 19.7 Å². The van der Waals surface area contributed by atoms with E-state index in [1.54, 1.807) is 19.5 Å². The highest BCUT2D eigenvalue weighted by molar-refractivity contribution is 5.80. The zero-order chi connectivity index (χ0) is 23.2. The van der Waals surface area contributed by atoms with Crippen LogP contribution in [0.4, 0.5) is 0 Å². The standard InChI is InChI=1S/C27H32N4O2/c1-4-23-15-26(22-10-5-7-19(2)13-22)30-31(23)18-24(32)14-20-8-6-9-21(12-11-20)27-28-16-25(33-3)17-29-27/h5,7-8,10,13,15-17,21H,4,6,9,11-12,14,18H2,1-3H3. The van der Waals surface area contributed by atoms with Crippen LogP contribution in [0.1, 0.15) is 62.0 Å². The molecule has 1 aliphatic carbocycles. The van der Waals surface area contributed by atoms with E-state index in [0.29, 0.717) is 24.6 Å². The summed E-state index contributed by atoms with van der Waals surface area (Å²) in [5, 5.41) is 4.76. The summed E-state index contributed by atoms with van der Waals surface area (Å²) in [6.45, 7) is 4.50. The van der Waals surface area contributed by atoms with Gasteiger partial charge in [-0.3, -0.25) is 9.48 Å². The van der Waals surface area contributed by atoms with Gasteiger partial charge in [-0.25, -0.2) is 9.97 Å². The molecule has 0 amide bonds. The van der Waals surface area contributed by atoms with Gasteiger partial charge in [-0.05, 0) is 51.2 Å². The molecule has 3 aromatic rings. The molecule has 0 fully saturated rings. The number of ketones is 1. The fraction of sp³-hybridized carbons (Fsp3) is 0.407. The minimum absolute atomic E-state index is 0.203. The number of aryl methyl sites for hydroxylation is 2. The van der Waals surface area contributed by atoms with Gasteiger partial charge in [0.25, 0.3) is 0 Å². The summed E-state index contributed by atoms with van der Waals surface area (Å²) in [5.41, 5.74) is 5.54. The van der Waals surface area contributed by atoms with Crippen molar-refractivity contribution < 1.29 is 9.53 Å². The molecular formula is C27H32N4O2. The van der Waals surface area contributed by atoms with Crippen molar-refractivity contribution in [1.29, 1.82) is 0 Å². The topological polar surface area (TPSA) is 69.9 Å². The maximum absolute atomic E-state index is 12.9. The molecule has 0 aliphatic heterocycles. The first-order valence-corrected chi connectivity index (χ1v) is 11.7. The lowest BCUT2D eigenvalue weighted by molar-refractivity contribution is -0.119. The highest BCUT2D eigenvalue weighted by Gasteiger charge is 2.20. The molecule has 172 valence electrons. The SMILES string of the molecule is CCc1cc(-c2cccc(C)c2)nn1CC(=O)CC1=CCCC(c2ncc(OC)cn2)CC1. The highest BCUT2D eigenvalue weighted by Crippen LogP contribution is 2.31. The number of nitrogens with zero attached hydrogens (tertiary/aromatic N) is 4. The largest absolute Gasteiger partial charge is 0.494 e. The molecule has 2 heterocycles. The van der Waals surface area contributed by atoms with Crippen LogP contribution in [0.2, 0.25) is 0 Å². The Morgan fingerprint density at radius 1 is 1.18 bits per heavy atom. The lowest BCUT2D eigenvalue weighted by Crippen LogP contribution is -2.14. The van der Waals surface area contributed by atoms with Gasteiger partial charge in [0, 0.05) is 23.6 Å². The smallest absolute Gasteiger partial charge is 0.158 e. The van der Waals surface area contributed by atoms with Gasteiger partial charge in [0.2, 0.25) is 0 Å². The van der Waals surface area contributed by atoms with Gasteiger partial charge in [0.1, 0.15) is 12.4 Å². The Morgan fingerprint density at radius 2 is 2.00 bits per heavy atom. The normalized spacial score (nSPS) is 16.2. The molecule has 0 N–H and O–H groups in total. The monoisotopic (exact) mass is 444 g/mol. The Hall–Kier alpha value is -3.28. The molecule has 0 saturated heterocycles. The van der Waals surface area contributed by atoms with E-state index in [0.717, 1.165) is 54.9 Å². The molecule has 0 saturated carbocycles. The number of methoxy groups -OCH3 is 1. The van der Waals surface area contributed by atoms with Crippen LogP contribution >= 0.6 is 0 Å². The fourth-order valence-corrected chi connectivity index (χ4v) is 4.45. The lowest BCUT2D eigenvalue weighted by Gasteiger charge is -2.13. The summed E-state index contributed by atoms with van der Waals surface area (Å²) in [7, 11) is 1.62. The molecule has 0 radical (unpaired) electrons.